The van der Waals surface area contributed by atoms with Gasteiger partial charge < -0.3 is 5.73 Å². The highest BCUT2D eigenvalue weighted by Gasteiger charge is 2.15. The van der Waals surface area contributed by atoms with Crippen LogP contribution in [0, 0.1) is 0 Å². The van der Waals surface area contributed by atoms with E-state index < -0.39 is 0 Å². The van der Waals surface area contributed by atoms with Gasteiger partial charge in [-0.15, -0.1) is 0 Å². The molecule has 2 aromatic heterocycles. The molecule has 1 aromatic carbocycles. The lowest BCUT2D eigenvalue weighted by Crippen LogP contribution is -2.15. The molecule has 0 unspecified atom stereocenters. The largest absolute Gasteiger partial charge is 0.393 e. The maximum atomic E-state index is 5.68. The fourth-order valence-electron chi connectivity index (χ4n) is 2.13. The molecule has 100 valence electrons. The highest BCUT2D eigenvalue weighted by molar-refractivity contribution is 9.10. The van der Waals surface area contributed by atoms with Crippen molar-refractivity contribution in [3.63, 3.8) is 0 Å². The summed E-state index contributed by atoms with van der Waals surface area (Å²) in [6.07, 6.45) is 2.19. The predicted octanol–water partition coefficient (Wildman–Crippen LogP) is 3.01. The molecule has 0 saturated heterocycles. The Bertz CT molecular complexity index is 797. The zero-order valence-electron chi connectivity index (χ0n) is 10.5. The number of nitrogens with two attached hydrogens (primary N) is 1. The molecule has 0 spiro atoms. The van der Waals surface area contributed by atoms with Crippen LogP contribution in [0.4, 0.5) is 0 Å². The molecule has 6 heteroatoms. The maximum absolute atomic E-state index is 5.68. The van der Waals surface area contributed by atoms with Gasteiger partial charge in [0, 0.05) is 6.20 Å². The van der Waals surface area contributed by atoms with E-state index in [0.29, 0.717) is 11.4 Å². The van der Waals surface area contributed by atoms with Gasteiger partial charge in [0.15, 0.2) is 5.82 Å². The summed E-state index contributed by atoms with van der Waals surface area (Å²) in [6.45, 7) is 0. The van der Waals surface area contributed by atoms with Crippen LogP contribution in [-0.2, 0) is 6.42 Å². The van der Waals surface area contributed by atoms with E-state index in [4.69, 9.17) is 18.0 Å². The number of pyridine rings is 1. The SMILES string of the molecule is NC(=S)Cc1nc2ccccc2n1-c1ncccc1Br. The van der Waals surface area contributed by atoms with Gasteiger partial charge in [0.25, 0.3) is 0 Å². The highest BCUT2D eigenvalue weighted by atomic mass is 79.9. The second-order valence-electron chi connectivity index (χ2n) is 4.30. The number of imidazole rings is 1. The molecule has 3 rings (SSSR count). The molecule has 0 bridgehead atoms. The third-order valence-electron chi connectivity index (χ3n) is 2.91. The molecule has 0 aliphatic heterocycles. The van der Waals surface area contributed by atoms with Gasteiger partial charge in [0.05, 0.1) is 26.9 Å². The van der Waals surface area contributed by atoms with Crippen molar-refractivity contribution in [1.82, 2.24) is 14.5 Å². The Balaban J connectivity index is 2.31. The molecule has 3 aromatic rings. The van der Waals surface area contributed by atoms with Crippen LogP contribution in [0.25, 0.3) is 16.9 Å². The van der Waals surface area contributed by atoms with E-state index in [1.54, 1.807) is 6.20 Å². The van der Waals surface area contributed by atoms with Gasteiger partial charge in [-0.05, 0) is 40.2 Å². The number of nitrogens with zero attached hydrogens (tertiary/aromatic N) is 3. The van der Waals surface area contributed by atoms with Gasteiger partial charge >= 0.3 is 0 Å². The number of para-hydroxylation sites is 2. The average Bonchev–Trinajstić information content (AvgIpc) is 2.76. The molecule has 4 nitrogen and oxygen atoms in total. The van der Waals surface area contributed by atoms with Crippen molar-refractivity contribution in [2.24, 2.45) is 5.73 Å². The number of halogens is 1. The lowest BCUT2D eigenvalue weighted by atomic mass is 10.3. The lowest BCUT2D eigenvalue weighted by molar-refractivity contribution is 0.926. The van der Waals surface area contributed by atoms with Gasteiger partial charge in [0.1, 0.15) is 5.82 Å². The summed E-state index contributed by atoms with van der Waals surface area (Å²) in [4.78, 5) is 9.45. The zero-order valence-corrected chi connectivity index (χ0v) is 12.9. The van der Waals surface area contributed by atoms with Crippen LogP contribution in [0.3, 0.4) is 0 Å². The first-order valence-corrected chi connectivity index (χ1v) is 7.22. The Morgan fingerprint density at radius 2 is 2.05 bits per heavy atom. The van der Waals surface area contributed by atoms with Crippen molar-refractivity contribution in [2.45, 2.75) is 6.42 Å². The quantitative estimate of drug-likeness (QED) is 0.740. The average molecular weight is 347 g/mol. The van der Waals surface area contributed by atoms with Crippen molar-refractivity contribution in [1.29, 1.82) is 0 Å². The van der Waals surface area contributed by atoms with Crippen LogP contribution >= 0.6 is 28.1 Å². The minimum atomic E-state index is 0.411. The van der Waals surface area contributed by atoms with Crippen molar-refractivity contribution in [3.05, 3.63) is 52.9 Å². The molecular formula is C14H11BrN4S. The van der Waals surface area contributed by atoms with Crippen LogP contribution in [0.1, 0.15) is 5.82 Å². The summed E-state index contributed by atoms with van der Waals surface area (Å²) in [7, 11) is 0. The number of fused-ring (bicyclic) bond motifs is 1. The molecule has 2 heterocycles. The number of rotatable bonds is 3. The molecule has 0 atom stereocenters. The number of benzene rings is 1. The zero-order chi connectivity index (χ0) is 14.1. The van der Waals surface area contributed by atoms with Gasteiger partial charge in [-0.1, -0.05) is 24.4 Å². The molecule has 0 radical (unpaired) electrons. The third kappa shape index (κ3) is 2.32. The van der Waals surface area contributed by atoms with E-state index in [0.717, 1.165) is 27.1 Å². The van der Waals surface area contributed by atoms with E-state index in [-0.39, 0.29) is 0 Å². The predicted molar refractivity (Wildman–Crippen MR) is 87.1 cm³/mol. The van der Waals surface area contributed by atoms with Crippen LogP contribution < -0.4 is 5.73 Å². The van der Waals surface area contributed by atoms with Gasteiger partial charge in [-0.25, -0.2) is 9.97 Å². The van der Waals surface area contributed by atoms with Crippen LogP contribution in [0.5, 0.6) is 0 Å². The Morgan fingerprint density at radius 1 is 1.25 bits per heavy atom. The smallest absolute Gasteiger partial charge is 0.152 e. The number of hydrogen-bond donors (Lipinski definition) is 1. The first kappa shape index (κ1) is 13.2. The maximum Gasteiger partial charge on any atom is 0.152 e. The summed E-state index contributed by atoms with van der Waals surface area (Å²) < 4.78 is 2.88. The van der Waals surface area contributed by atoms with E-state index >= 15 is 0 Å². The van der Waals surface area contributed by atoms with Gasteiger partial charge in [-0.3, -0.25) is 4.57 Å². The number of aromatic nitrogens is 3. The Hall–Kier alpha value is -1.79. The topological polar surface area (TPSA) is 56.7 Å². The van der Waals surface area contributed by atoms with Gasteiger partial charge in [0.2, 0.25) is 0 Å². The standard InChI is InChI=1S/C14H11BrN4S/c15-9-4-3-7-17-14(9)19-11-6-2-1-5-10(11)18-13(19)8-12(16)20/h1-7H,8H2,(H2,16,20). The molecule has 0 aliphatic carbocycles. The summed E-state index contributed by atoms with van der Waals surface area (Å²) in [5.74, 6) is 1.57. The van der Waals surface area contributed by atoms with E-state index in [9.17, 15) is 0 Å². The van der Waals surface area contributed by atoms with E-state index in [1.165, 1.54) is 0 Å². The highest BCUT2D eigenvalue weighted by Crippen LogP contribution is 2.25. The van der Waals surface area contributed by atoms with Crippen LogP contribution in [0.15, 0.2) is 47.1 Å². The summed E-state index contributed by atoms with van der Waals surface area (Å²) >= 11 is 8.55. The lowest BCUT2D eigenvalue weighted by Gasteiger charge is -2.09. The van der Waals surface area contributed by atoms with Crippen LogP contribution in [-0.4, -0.2) is 19.5 Å². The molecule has 0 aliphatic rings. The van der Waals surface area contributed by atoms with Crippen LogP contribution in [0.2, 0.25) is 0 Å². The summed E-state index contributed by atoms with van der Waals surface area (Å²) in [5.41, 5.74) is 7.56. The molecule has 0 saturated carbocycles. The summed E-state index contributed by atoms with van der Waals surface area (Å²) in [6, 6.07) is 11.7. The Labute approximate surface area is 129 Å². The number of thiocarbonyl (C=S) groups is 1. The van der Waals surface area contributed by atoms with Gasteiger partial charge in [-0.2, -0.15) is 0 Å². The second kappa shape index (κ2) is 5.30. The summed E-state index contributed by atoms with van der Waals surface area (Å²) in [5, 5.41) is 0. The Morgan fingerprint density at radius 3 is 2.80 bits per heavy atom. The normalized spacial score (nSPS) is 10.8. The molecule has 0 amide bonds. The van der Waals surface area contributed by atoms with Crippen molar-refractivity contribution < 1.29 is 0 Å². The molecule has 0 fully saturated rings. The minimum Gasteiger partial charge on any atom is -0.393 e. The van der Waals surface area contributed by atoms with E-state index in [2.05, 4.69) is 25.9 Å². The molecule has 20 heavy (non-hydrogen) atoms. The third-order valence-corrected chi connectivity index (χ3v) is 3.68. The first-order valence-electron chi connectivity index (χ1n) is 6.02. The fourth-order valence-corrected chi connectivity index (χ4v) is 2.69. The van der Waals surface area contributed by atoms with Crippen molar-refractivity contribution in [2.75, 3.05) is 0 Å². The molecule has 2 N–H and O–H groups in total. The number of hydrogen-bond acceptors (Lipinski definition) is 3. The van der Waals surface area contributed by atoms with Crippen molar-refractivity contribution >= 4 is 44.2 Å². The minimum absolute atomic E-state index is 0.411. The van der Waals surface area contributed by atoms with E-state index in [1.807, 2.05) is 41.0 Å². The monoisotopic (exact) mass is 346 g/mol. The molecular weight excluding hydrogens is 336 g/mol. The Kier molecular flexibility index (Phi) is 3.50. The van der Waals surface area contributed by atoms with Crippen molar-refractivity contribution in [3.8, 4) is 5.82 Å². The second-order valence-corrected chi connectivity index (χ2v) is 5.68. The fraction of sp³-hybridized carbons (Fsp3) is 0.0714. The first-order chi connectivity index (χ1) is 9.66.